The van der Waals surface area contributed by atoms with Crippen LogP contribution in [-0.4, -0.2) is 9.97 Å². The Morgan fingerprint density at radius 2 is 1.29 bits per heavy atom. The van der Waals surface area contributed by atoms with Crippen molar-refractivity contribution in [2.45, 2.75) is 59.0 Å². The number of hydrogen-bond donors (Lipinski definition) is 0. The number of ether oxygens (including phenoxy) is 1. The van der Waals surface area contributed by atoms with Crippen LogP contribution in [0.2, 0.25) is 0 Å². The topological polar surface area (TPSA) is 35.0 Å². The van der Waals surface area contributed by atoms with Gasteiger partial charge in [0.15, 0.2) is 11.6 Å². The van der Waals surface area contributed by atoms with E-state index >= 15 is 0 Å². The highest BCUT2D eigenvalue weighted by Crippen LogP contribution is 2.19. The van der Waals surface area contributed by atoms with Gasteiger partial charge in [-0.3, -0.25) is 0 Å². The smallest absolute Gasteiger partial charge is 0.159 e. The molecule has 0 saturated heterocycles. The van der Waals surface area contributed by atoms with Crippen molar-refractivity contribution in [3.8, 4) is 17.1 Å². The fourth-order valence-electron chi connectivity index (χ4n) is 3.20. The van der Waals surface area contributed by atoms with Crippen LogP contribution in [0.5, 0.6) is 5.75 Å². The Morgan fingerprint density at radius 3 is 1.93 bits per heavy atom. The van der Waals surface area contributed by atoms with Crippen molar-refractivity contribution >= 4 is 0 Å². The van der Waals surface area contributed by atoms with E-state index in [2.05, 4.69) is 72.3 Å². The minimum absolute atomic E-state index is 0.529. The van der Waals surface area contributed by atoms with E-state index in [1.54, 1.807) is 12.4 Å². The Bertz CT molecular complexity index is 824. The Hall–Kier alpha value is -2.68. The average Bonchev–Trinajstić information content (AvgIpc) is 2.75. The summed E-state index contributed by atoms with van der Waals surface area (Å²) in [6.07, 6.45) is 10.7. The maximum Gasteiger partial charge on any atom is 0.159 e. The average molecular weight is 375 g/mol. The summed E-state index contributed by atoms with van der Waals surface area (Å²) in [6.45, 7) is 4.96. The Labute approximate surface area is 168 Å². The van der Waals surface area contributed by atoms with Gasteiger partial charge in [-0.25, -0.2) is 9.97 Å². The molecule has 3 aromatic rings. The first kappa shape index (κ1) is 20.1. The number of hydrogen-bond acceptors (Lipinski definition) is 3. The van der Waals surface area contributed by atoms with Gasteiger partial charge in [0, 0.05) is 5.56 Å². The minimum Gasteiger partial charge on any atom is -0.486 e. The summed E-state index contributed by atoms with van der Waals surface area (Å²) in [4.78, 5) is 8.94. The lowest BCUT2D eigenvalue weighted by Gasteiger charge is -2.08. The van der Waals surface area contributed by atoms with Gasteiger partial charge < -0.3 is 4.74 Å². The third-order valence-corrected chi connectivity index (χ3v) is 4.88. The van der Waals surface area contributed by atoms with E-state index in [1.165, 1.54) is 36.8 Å². The maximum absolute atomic E-state index is 5.83. The van der Waals surface area contributed by atoms with Crippen molar-refractivity contribution < 1.29 is 4.74 Å². The normalized spacial score (nSPS) is 10.8. The summed E-state index contributed by atoms with van der Waals surface area (Å²) < 4.78 is 5.83. The highest BCUT2D eigenvalue weighted by molar-refractivity contribution is 5.55. The molecule has 0 amide bonds. The molecular weight excluding hydrogens is 344 g/mol. The first-order valence-corrected chi connectivity index (χ1v) is 10.4. The molecule has 0 bridgehead atoms. The second kappa shape index (κ2) is 10.6. The molecule has 1 heterocycles. The molecule has 3 rings (SSSR count). The van der Waals surface area contributed by atoms with Crippen molar-refractivity contribution in [2.24, 2.45) is 0 Å². The standard InChI is InChI=1S/C25H30N2O/c1-3-5-6-8-21-13-15-23(16-14-21)25-26-17-24(18-27-25)28-19-22-11-9-20(7-4-2)10-12-22/h9-18H,3-8,19H2,1-2H3. The third-order valence-electron chi connectivity index (χ3n) is 4.88. The highest BCUT2D eigenvalue weighted by atomic mass is 16.5. The molecule has 3 heteroatoms. The first-order valence-electron chi connectivity index (χ1n) is 10.4. The molecule has 0 spiro atoms. The summed E-state index contributed by atoms with van der Waals surface area (Å²) in [5.74, 6) is 1.42. The van der Waals surface area contributed by atoms with Crippen LogP contribution in [0.4, 0.5) is 0 Å². The summed E-state index contributed by atoms with van der Waals surface area (Å²) in [5, 5.41) is 0. The van der Waals surface area contributed by atoms with E-state index in [0.717, 1.165) is 29.8 Å². The van der Waals surface area contributed by atoms with Crippen molar-refractivity contribution in [2.75, 3.05) is 0 Å². The zero-order valence-electron chi connectivity index (χ0n) is 17.0. The monoisotopic (exact) mass is 374 g/mol. The van der Waals surface area contributed by atoms with Crippen molar-refractivity contribution in [1.82, 2.24) is 9.97 Å². The quantitative estimate of drug-likeness (QED) is 0.385. The van der Waals surface area contributed by atoms with Gasteiger partial charge in [0.05, 0.1) is 12.4 Å². The Kier molecular flexibility index (Phi) is 7.60. The van der Waals surface area contributed by atoms with Gasteiger partial charge in [0.2, 0.25) is 0 Å². The lowest BCUT2D eigenvalue weighted by atomic mass is 10.1. The molecule has 0 fully saturated rings. The minimum atomic E-state index is 0.529. The summed E-state index contributed by atoms with van der Waals surface area (Å²) in [5.41, 5.74) is 4.94. The lowest BCUT2D eigenvalue weighted by molar-refractivity contribution is 0.303. The Balaban J connectivity index is 1.54. The number of rotatable bonds is 10. The van der Waals surface area contributed by atoms with E-state index in [-0.39, 0.29) is 0 Å². The van der Waals surface area contributed by atoms with E-state index in [4.69, 9.17) is 4.74 Å². The molecule has 1 aromatic heterocycles. The molecule has 0 unspecified atom stereocenters. The van der Waals surface area contributed by atoms with Gasteiger partial charge in [-0.05, 0) is 36.0 Å². The van der Waals surface area contributed by atoms with E-state index in [0.29, 0.717) is 12.4 Å². The lowest BCUT2D eigenvalue weighted by Crippen LogP contribution is -1.98. The molecular formula is C25H30N2O. The second-order valence-electron chi connectivity index (χ2n) is 7.25. The van der Waals surface area contributed by atoms with Gasteiger partial charge in [-0.1, -0.05) is 81.6 Å². The van der Waals surface area contributed by atoms with E-state index < -0.39 is 0 Å². The van der Waals surface area contributed by atoms with Gasteiger partial charge >= 0.3 is 0 Å². The molecule has 0 aliphatic rings. The van der Waals surface area contributed by atoms with Crippen LogP contribution in [0, 0.1) is 0 Å². The molecule has 3 nitrogen and oxygen atoms in total. The summed E-state index contributed by atoms with van der Waals surface area (Å²) in [7, 11) is 0. The molecule has 146 valence electrons. The summed E-state index contributed by atoms with van der Waals surface area (Å²) >= 11 is 0. The Morgan fingerprint density at radius 1 is 0.679 bits per heavy atom. The van der Waals surface area contributed by atoms with Crippen LogP contribution in [0.25, 0.3) is 11.4 Å². The predicted octanol–water partition coefficient (Wildman–Crippen LogP) is 6.41. The molecule has 0 radical (unpaired) electrons. The van der Waals surface area contributed by atoms with Crippen LogP contribution in [-0.2, 0) is 19.4 Å². The van der Waals surface area contributed by atoms with Crippen LogP contribution in [0.1, 0.15) is 56.2 Å². The SMILES string of the molecule is CCCCCc1ccc(-c2ncc(OCc3ccc(CCC)cc3)cn2)cc1. The molecule has 28 heavy (non-hydrogen) atoms. The fraction of sp³-hybridized carbons (Fsp3) is 0.360. The van der Waals surface area contributed by atoms with Crippen molar-refractivity contribution in [1.29, 1.82) is 0 Å². The number of aryl methyl sites for hydroxylation is 2. The zero-order valence-corrected chi connectivity index (χ0v) is 17.0. The van der Waals surface area contributed by atoms with Gasteiger partial charge in [-0.2, -0.15) is 0 Å². The van der Waals surface area contributed by atoms with Crippen LogP contribution in [0.3, 0.4) is 0 Å². The van der Waals surface area contributed by atoms with Gasteiger partial charge in [0.1, 0.15) is 6.61 Å². The number of unbranched alkanes of at least 4 members (excludes halogenated alkanes) is 2. The van der Waals surface area contributed by atoms with Crippen LogP contribution >= 0.6 is 0 Å². The number of benzene rings is 2. The van der Waals surface area contributed by atoms with Crippen LogP contribution < -0.4 is 4.74 Å². The first-order chi connectivity index (χ1) is 13.8. The molecule has 0 saturated carbocycles. The van der Waals surface area contributed by atoms with Crippen molar-refractivity contribution in [3.63, 3.8) is 0 Å². The summed E-state index contributed by atoms with van der Waals surface area (Å²) in [6, 6.07) is 17.2. The van der Waals surface area contributed by atoms with Gasteiger partial charge in [0.25, 0.3) is 0 Å². The van der Waals surface area contributed by atoms with E-state index in [9.17, 15) is 0 Å². The highest BCUT2D eigenvalue weighted by Gasteiger charge is 2.03. The maximum atomic E-state index is 5.83. The third kappa shape index (κ3) is 5.91. The number of nitrogens with zero attached hydrogens (tertiary/aromatic N) is 2. The predicted molar refractivity (Wildman–Crippen MR) is 115 cm³/mol. The van der Waals surface area contributed by atoms with Crippen molar-refractivity contribution in [3.05, 3.63) is 77.6 Å². The molecule has 0 aliphatic carbocycles. The van der Waals surface area contributed by atoms with E-state index in [1.807, 2.05) is 0 Å². The zero-order chi connectivity index (χ0) is 19.6. The number of aromatic nitrogens is 2. The largest absolute Gasteiger partial charge is 0.486 e. The molecule has 0 atom stereocenters. The molecule has 0 N–H and O–H groups in total. The second-order valence-corrected chi connectivity index (χ2v) is 7.25. The molecule has 0 aliphatic heterocycles. The van der Waals surface area contributed by atoms with Crippen LogP contribution in [0.15, 0.2) is 60.9 Å². The van der Waals surface area contributed by atoms with Gasteiger partial charge in [-0.15, -0.1) is 0 Å². The molecule has 2 aromatic carbocycles. The fourth-order valence-corrected chi connectivity index (χ4v) is 3.20.